The highest BCUT2D eigenvalue weighted by molar-refractivity contribution is 6.00. The number of hydrogen-bond donors (Lipinski definition) is 1. The van der Waals surface area contributed by atoms with E-state index >= 15 is 0 Å². The molecule has 2 heterocycles. The van der Waals surface area contributed by atoms with E-state index in [4.69, 9.17) is 5.10 Å². The third-order valence-corrected chi connectivity index (χ3v) is 5.84. The molecule has 2 amide bonds. The predicted molar refractivity (Wildman–Crippen MR) is 129 cm³/mol. The molecule has 1 aromatic heterocycles. The summed E-state index contributed by atoms with van der Waals surface area (Å²) in [7, 11) is 0. The number of aromatic nitrogens is 2. The summed E-state index contributed by atoms with van der Waals surface area (Å²) in [4.78, 5) is 29.5. The maximum absolute atomic E-state index is 13.5. The van der Waals surface area contributed by atoms with Gasteiger partial charge in [-0.05, 0) is 45.0 Å². The van der Waals surface area contributed by atoms with Gasteiger partial charge in [0.1, 0.15) is 11.5 Å². The summed E-state index contributed by atoms with van der Waals surface area (Å²) in [5.41, 5.74) is 3.73. The SMILES string of the molecule is Cc1ccc(-c2nn(-c3ccc(F)cc3)cc2C(=O)N2CCN(CC(=O)NC(C)C)CC2)cc1. The highest BCUT2D eigenvalue weighted by atomic mass is 19.1. The van der Waals surface area contributed by atoms with Gasteiger partial charge in [0, 0.05) is 44.0 Å². The fraction of sp³-hybridized carbons (Fsp3) is 0.346. The summed E-state index contributed by atoms with van der Waals surface area (Å²) >= 11 is 0. The average Bonchev–Trinajstić information content (AvgIpc) is 3.25. The van der Waals surface area contributed by atoms with Crippen LogP contribution in [0, 0.1) is 12.7 Å². The first kappa shape index (κ1) is 23.6. The number of nitrogens with zero attached hydrogens (tertiary/aromatic N) is 4. The van der Waals surface area contributed by atoms with Crippen molar-refractivity contribution in [2.24, 2.45) is 0 Å². The van der Waals surface area contributed by atoms with Crippen LogP contribution in [-0.2, 0) is 4.79 Å². The van der Waals surface area contributed by atoms with Gasteiger partial charge in [-0.2, -0.15) is 5.10 Å². The molecule has 0 radical (unpaired) electrons. The molecule has 1 aliphatic heterocycles. The third kappa shape index (κ3) is 5.51. The third-order valence-electron chi connectivity index (χ3n) is 5.84. The minimum absolute atomic E-state index is 0.00277. The van der Waals surface area contributed by atoms with Gasteiger partial charge >= 0.3 is 0 Å². The molecule has 1 saturated heterocycles. The number of aryl methyl sites for hydroxylation is 1. The molecular formula is C26H30FN5O2. The second-order valence-corrected chi connectivity index (χ2v) is 8.97. The Balaban J connectivity index is 1.55. The van der Waals surface area contributed by atoms with Crippen LogP contribution < -0.4 is 5.32 Å². The minimum Gasteiger partial charge on any atom is -0.353 e. The molecule has 7 nitrogen and oxygen atoms in total. The molecule has 0 saturated carbocycles. The van der Waals surface area contributed by atoms with E-state index < -0.39 is 0 Å². The van der Waals surface area contributed by atoms with E-state index in [1.165, 1.54) is 12.1 Å². The minimum atomic E-state index is -0.328. The molecule has 1 aliphatic rings. The fourth-order valence-corrected chi connectivity index (χ4v) is 4.03. The Bertz CT molecular complexity index is 1150. The van der Waals surface area contributed by atoms with Crippen molar-refractivity contribution in [1.29, 1.82) is 0 Å². The number of piperazine rings is 1. The standard InChI is InChI=1S/C26H30FN5O2/c1-18(2)28-24(33)17-30-12-14-31(15-13-30)26(34)23-16-32(22-10-8-21(27)9-11-22)29-25(23)20-6-4-19(3)5-7-20/h4-11,16,18H,12-15,17H2,1-3H3,(H,28,33). The molecule has 0 aliphatic carbocycles. The summed E-state index contributed by atoms with van der Waals surface area (Å²) in [6.07, 6.45) is 1.72. The first-order chi connectivity index (χ1) is 16.3. The zero-order valence-corrected chi connectivity index (χ0v) is 19.8. The van der Waals surface area contributed by atoms with Crippen molar-refractivity contribution in [3.63, 3.8) is 0 Å². The zero-order chi connectivity index (χ0) is 24.2. The molecule has 0 atom stereocenters. The molecule has 0 bridgehead atoms. The lowest BCUT2D eigenvalue weighted by Crippen LogP contribution is -2.51. The van der Waals surface area contributed by atoms with Crippen LogP contribution in [0.15, 0.2) is 54.7 Å². The Morgan fingerprint density at radius 3 is 2.26 bits per heavy atom. The summed E-state index contributed by atoms with van der Waals surface area (Å²) in [5, 5.41) is 7.60. The Hall–Kier alpha value is -3.52. The van der Waals surface area contributed by atoms with Crippen molar-refractivity contribution in [2.75, 3.05) is 32.7 Å². The van der Waals surface area contributed by atoms with Crippen LogP contribution in [0.25, 0.3) is 16.9 Å². The van der Waals surface area contributed by atoms with Gasteiger partial charge in [-0.1, -0.05) is 29.8 Å². The van der Waals surface area contributed by atoms with E-state index in [0.717, 1.165) is 11.1 Å². The van der Waals surface area contributed by atoms with E-state index in [0.29, 0.717) is 49.7 Å². The second kappa shape index (κ2) is 10.2. The molecule has 1 N–H and O–H groups in total. The maximum Gasteiger partial charge on any atom is 0.257 e. The van der Waals surface area contributed by atoms with Crippen molar-refractivity contribution in [1.82, 2.24) is 24.9 Å². The molecule has 178 valence electrons. The topological polar surface area (TPSA) is 70.5 Å². The number of rotatable bonds is 6. The van der Waals surface area contributed by atoms with E-state index in [1.807, 2.05) is 45.0 Å². The summed E-state index contributed by atoms with van der Waals surface area (Å²) < 4.78 is 15.0. The summed E-state index contributed by atoms with van der Waals surface area (Å²) in [5.74, 6) is -0.432. The molecule has 2 aromatic carbocycles. The number of benzene rings is 2. The van der Waals surface area contributed by atoms with Crippen LogP contribution in [-0.4, -0.2) is 70.2 Å². The average molecular weight is 464 g/mol. The maximum atomic E-state index is 13.5. The summed E-state index contributed by atoms with van der Waals surface area (Å²) in [6.45, 7) is 8.53. The van der Waals surface area contributed by atoms with Crippen molar-refractivity contribution in [3.8, 4) is 16.9 Å². The van der Waals surface area contributed by atoms with Crippen molar-refractivity contribution >= 4 is 11.8 Å². The van der Waals surface area contributed by atoms with Crippen molar-refractivity contribution in [3.05, 3.63) is 71.7 Å². The van der Waals surface area contributed by atoms with Crippen LogP contribution >= 0.6 is 0 Å². The largest absolute Gasteiger partial charge is 0.353 e. The van der Waals surface area contributed by atoms with E-state index in [2.05, 4.69) is 10.2 Å². The predicted octanol–water partition coefficient (Wildman–Crippen LogP) is 3.27. The quantitative estimate of drug-likeness (QED) is 0.609. The van der Waals surface area contributed by atoms with Crippen LogP contribution in [0.5, 0.6) is 0 Å². The fourth-order valence-electron chi connectivity index (χ4n) is 4.03. The van der Waals surface area contributed by atoms with Gasteiger partial charge in [0.15, 0.2) is 0 Å². The van der Waals surface area contributed by atoms with Gasteiger partial charge in [-0.15, -0.1) is 0 Å². The number of amides is 2. The number of nitrogens with one attached hydrogen (secondary N) is 1. The molecule has 1 fully saturated rings. The molecule has 0 spiro atoms. The number of halogens is 1. The molecule has 8 heteroatoms. The van der Waals surface area contributed by atoms with E-state index in [9.17, 15) is 14.0 Å². The van der Waals surface area contributed by atoms with Gasteiger partial charge < -0.3 is 10.2 Å². The Morgan fingerprint density at radius 2 is 1.65 bits per heavy atom. The van der Waals surface area contributed by atoms with E-state index in [-0.39, 0.29) is 23.7 Å². The molecular weight excluding hydrogens is 433 g/mol. The molecule has 0 unspecified atom stereocenters. The Morgan fingerprint density at radius 1 is 1.00 bits per heavy atom. The number of hydrogen-bond acceptors (Lipinski definition) is 4. The van der Waals surface area contributed by atoms with Crippen LogP contribution in [0.4, 0.5) is 4.39 Å². The lowest BCUT2D eigenvalue weighted by atomic mass is 10.1. The van der Waals surface area contributed by atoms with Gasteiger partial charge in [0.2, 0.25) is 5.91 Å². The first-order valence-corrected chi connectivity index (χ1v) is 11.5. The Labute approximate surface area is 199 Å². The highest BCUT2D eigenvalue weighted by Crippen LogP contribution is 2.26. The van der Waals surface area contributed by atoms with Gasteiger partial charge in [0.05, 0.1) is 17.8 Å². The lowest BCUT2D eigenvalue weighted by Gasteiger charge is -2.34. The highest BCUT2D eigenvalue weighted by Gasteiger charge is 2.27. The normalized spacial score (nSPS) is 14.4. The molecule has 34 heavy (non-hydrogen) atoms. The zero-order valence-electron chi connectivity index (χ0n) is 19.8. The van der Waals surface area contributed by atoms with Crippen molar-refractivity contribution in [2.45, 2.75) is 26.8 Å². The smallest absolute Gasteiger partial charge is 0.257 e. The molecule has 4 rings (SSSR count). The second-order valence-electron chi connectivity index (χ2n) is 8.97. The first-order valence-electron chi connectivity index (χ1n) is 11.5. The van der Waals surface area contributed by atoms with Gasteiger partial charge in [-0.3, -0.25) is 14.5 Å². The molecule has 3 aromatic rings. The number of carbonyl (C=O) groups is 2. The van der Waals surface area contributed by atoms with Crippen molar-refractivity contribution < 1.29 is 14.0 Å². The monoisotopic (exact) mass is 463 g/mol. The summed E-state index contributed by atoms with van der Waals surface area (Å²) in [6, 6.07) is 14.0. The van der Waals surface area contributed by atoms with Gasteiger partial charge in [0.25, 0.3) is 5.91 Å². The van der Waals surface area contributed by atoms with Crippen LogP contribution in [0.1, 0.15) is 29.8 Å². The van der Waals surface area contributed by atoms with Crippen LogP contribution in [0.3, 0.4) is 0 Å². The van der Waals surface area contributed by atoms with Crippen LogP contribution in [0.2, 0.25) is 0 Å². The number of carbonyl (C=O) groups excluding carboxylic acids is 2. The van der Waals surface area contributed by atoms with E-state index in [1.54, 1.807) is 27.9 Å². The lowest BCUT2D eigenvalue weighted by molar-refractivity contribution is -0.123. The van der Waals surface area contributed by atoms with Gasteiger partial charge in [-0.25, -0.2) is 9.07 Å². The Kier molecular flexibility index (Phi) is 7.07.